The number of nitrogens with one attached hydrogen (secondary N) is 1. The Balaban J connectivity index is 1.85. The summed E-state index contributed by atoms with van der Waals surface area (Å²) in [7, 11) is 1.59. The molecule has 128 valence electrons. The number of carbonyl (C=O) groups excluding carboxylic acids is 1. The summed E-state index contributed by atoms with van der Waals surface area (Å²) in [6.07, 6.45) is 0. The van der Waals surface area contributed by atoms with Gasteiger partial charge in [-0.2, -0.15) is 0 Å². The molecule has 2 aromatic carbocycles. The molecule has 0 spiro atoms. The molecule has 0 saturated heterocycles. The number of anilines is 1. The molecule has 1 N–H and O–H groups in total. The summed E-state index contributed by atoms with van der Waals surface area (Å²) < 4.78 is 7.46. The summed E-state index contributed by atoms with van der Waals surface area (Å²) in [5.74, 6) is 0.519. The number of aryl methyl sites for hydroxylation is 1. The fourth-order valence-corrected chi connectivity index (χ4v) is 2.98. The molecule has 0 radical (unpaired) electrons. The molecule has 1 amide bonds. The van der Waals surface area contributed by atoms with Crippen molar-refractivity contribution in [1.29, 1.82) is 0 Å². The minimum Gasteiger partial charge on any atom is -0.495 e. The molecule has 25 heavy (non-hydrogen) atoms. The van der Waals surface area contributed by atoms with Gasteiger partial charge in [-0.25, -0.2) is 0 Å². The van der Waals surface area contributed by atoms with Crippen molar-refractivity contribution in [1.82, 2.24) is 4.57 Å². The summed E-state index contributed by atoms with van der Waals surface area (Å²) >= 11 is 0. The molecule has 3 rings (SSSR count). The molecule has 1 heterocycles. The second-order valence-electron chi connectivity index (χ2n) is 6.01. The van der Waals surface area contributed by atoms with Crippen molar-refractivity contribution < 1.29 is 9.53 Å². The number of carbonyl (C=O) groups is 1. The predicted molar refractivity (Wildman–Crippen MR) is 100 cm³/mol. The van der Waals surface area contributed by atoms with Crippen LogP contribution in [-0.4, -0.2) is 17.6 Å². The topological polar surface area (TPSA) is 43.3 Å². The monoisotopic (exact) mass is 334 g/mol. The minimum atomic E-state index is -0.128. The van der Waals surface area contributed by atoms with Gasteiger partial charge in [0.15, 0.2) is 0 Å². The Labute approximate surface area is 148 Å². The van der Waals surface area contributed by atoms with Gasteiger partial charge >= 0.3 is 0 Å². The van der Waals surface area contributed by atoms with Crippen LogP contribution in [0.3, 0.4) is 0 Å². The van der Waals surface area contributed by atoms with Crippen LogP contribution in [-0.2, 0) is 6.54 Å². The van der Waals surface area contributed by atoms with Crippen LogP contribution < -0.4 is 10.1 Å². The number of rotatable bonds is 5. The largest absolute Gasteiger partial charge is 0.495 e. The Bertz CT molecular complexity index is 882. The smallest absolute Gasteiger partial charge is 0.257 e. The van der Waals surface area contributed by atoms with Crippen LogP contribution in [0.1, 0.15) is 27.3 Å². The number of amides is 1. The van der Waals surface area contributed by atoms with Crippen LogP contribution in [0.25, 0.3) is 0 Å². The first-order chi connectivity index (χ1) is 12.1. The van der Waals surface area contributed by atoms with E-state index in [0.717, 1.165) is 17.9 Å². The molecule has 0 atom stereocenters. The fraction of sp³-hybridized carbons (Fsp3) is 0.190. The van der Waals surface area contributed by atoms with Crippen LogP contribution in [0, 0.1) is 13.8 Å². The van der Waals surface area contributed by atoms with Gasteiger partial charge in [-0.3, -0.25) is 4.79 Å². The predicted octanol–water partition coefficient (Wildman–Crippen LogP) is 4.41. The number of para-hydroxylation sites is 2. The van der Waals surface area contributed by atoms with Gasteiger partial charge in [-0.15, -0.1) is 0 Å². The third-order valence-electron chi connectivity index (χ3n) is 4.36. The van der Waals surface area contributed by atoms with E-state index in [-0.39, 0.29) is 5.91 Å². The molecule has 1 aromatic heterocycles. The minimum absolute atomic E-state index is 0.128. The van der Waals surface area contributed by atoms with Crippen molar-refractivity contribution >= 4 is 11.6 Å². The van der Waals surface area contributed by atoms with Gasteiger partial charge in [0.2, 0.25) is 0 Å². The first kappa shape index (κ1) is 16.8. The van der Waals surface area contributed by atoms with E-state index in [1.165, 1.54) is 5.56 Å². The highest BCUT2D eigenvalue weighted by atomic mass is 16.5. The molecule has 4 nitrogen and oxygen atoms in total. The van der Waals surface area contributed by atoms with Crippen molar-refractivity contribution in [2.45, 2.75) is 20.4 Å². The Morgan fingerprint density at radius 2 is 1.72 bits per heavy atom. The SMILES string of the molecule is COc1ccccc1NC(=O)c1cc(C)n(Cc2ccccc2)c1C. The number of nitrogens with zero attached hydrogens (tertiary/aromatic N) is 1. The number of aromatic nitrogens is 1. The van der Waals surface area contributed by atoms with Crippen LogP contribution in [0.5, 0.6) is 5.75 Å². The van der Waals surface area contributed by atoms with E-state index in [4.69, 9.17) is 4.74 Å². The number of hydrogen-bond donors (Lipinski definition) is 1. The normalized spacial score (nSPS) is 10.5. The van der Waals surface area contributed by atoms with E-state index in [9.17, 15) is 4.79 Å². The summed E-state index contributed by atoms with van der Waals surface area (Å²) in [4.78, 5) is 12.7. The average molecular weight is 334 g/mol. The molecule has 0 bridgehead atoms. The lowest BCUT2D eigenvalue weighted by atomic mass is 10.2. The zero-order chi connectivity index (χ0) is 17.8. The highest BCUT2D eigenvalue weighted by molar-refractivity contribution is 6.06. The van der Waals surface area contributed by atoms with E-state index < -0.39 is 0 Å². The molecular weight excluding hydrogens is 312 g/mol. The van der Waals surface area contributed by atoms with Gasteiger partial charge in [0.05, 0.1) is 18.4 Å². The number of hydrogen-bond acceptors (Lipinski definition) is 2. The molecule has 4 heteroatoms. The highest BCUT2D eigenvalue weighted by Crippen LogP contribution is 2.25. The van der Waals surface area contributed by atoms with E-state index in [0.29, 0.717) is 17.0 Å². The van der Waals surface area contributed by atoms with Gasteiger partial charge in [-0.05, 0) is 37.6 Å². The van der Waals surface area contributed by atoms with Crippen LogP contribution in [0.15, 0.2) is 60.7 Å². The van der Waals surface area contributed by atoms with Crippen molar-refractivity contribution in [2.24, 2.45) is 0 Å². The van der Waals surface area contributed by atoms with Crippen LogP contribution >= 0.6 is 0 Å². The lowest BCUT2D eigenvalue weighted by Crippen LogP contribution is -2.14. The molecule has 0 fully saturated rings. The van der Waals surface area contributed by atoms with Gasteiger partial charge < -0.3 is 14.6 Å². The average Bonchev–Trinajstić information content (AvgIpc) is 2.91. The van der Waals surface area contributed by atoms with Crippen LogP contribution in [0.4, 0.5) is 5.69 Å². The second-order valence-corrected chi connectivity index (χ2v) is 6.01. The number of benzene rings is 2. The third-order valence-corrected chi connectivity index (χ3v) is 4.36. The molecule has 0 unspecified atom stereocenters. The maximum absolute atomic E-state index is 12.7. The molecule has 0 aliphatic rings. The van der Waals surface area contributed by atoms with Crippen molar-refractivity contribution in [2.75, 3.05) is 12.4 Å². The molecule has 0 aliphatic carbocycles. The first-order valence-corrected chi connectivity index (χ1v) is 8.25. The molecule has 0 aliphatic heterocycles. The molecule has 3 aromatic rings. The Kier molecular flexibility index (Phi) is 4.89. The summed E-state index contributed by atoms with van der Waals surface area (Å²) in [5.41, 5.74) is 4.57. The van der Waals surface area contributed by atoms with Gasteiger partial charge in [0, 0.05) is 17.9 Å². The van der Waals surface area contributed by atoms with Gasteiger partial charge in [0.25, 0.3) is 5.91 Å². The first-order valence-electron chi connectivity index (χ1n) is 8.25. The standard InChI is InChI=1S/C21H22N2O2/c1-15-13-18(16(2)23(15)14-17-9-5-4-6-10-17)21(24)22-19-11-7-8-12-20(19)25-3/h4-13H,14H2,1-3H3,(H,22,24). The highest BCUT2D eigenvalue weighted by Gasteiger charge is 2.17. The van der Waals surface area contributed by atoms with Crippen molar-refractivity contribution in [3.8, 4) is 5.75 Å². The summed E-state index contributed by atoms with van der Waals surface area (Å²) in [5, 5.41) is 2.95. The van der Waals surface area contributed by atoms with E-state index in [2.05, 4.69) is 22.0 Å². The van der Waals surface area contributed by atoms with E-state index >= 15 is 0 Å². The quantitative estimate of drug-likeness (QED) is 0.751. The lowest BCUT2D eigenvalue weighted by molar-refractivity contribution is 0.102. The van der Waals surface area contributed by atoms with Crippen LogP contribution in [0.2, 0.25) is 0 Å². The third kappa shape index (κ3) is 3.58. The number of methoxy groups -OCH3 is 1. The second kappa shape index (κ2) is 7.26. The lowest BCUT2D eigenvalue weighted by Gasteiger charge is -2.11. The molecule has 0 saturated carbocycles. The summed E-state index contributed by atoms with van der Waals surface area (Å²) in [6, 6.07) is 19.6. The Morgan fingerprint density at radius 3 is 2.44 bits per heavy atom. The van der Waals surface area contributed by atoms with Crippen molar-refractivity contribution in [3.63, 3.8) is 0 Å². The Hall–Kier alpha value is -3.01. The summed E-state index contributed by atoms with van der Waals surface area (Å²) in [6.45, 7) is 4.75. The fourth-order valence-electron chi connectivity index (χ4n) is 2.98. The van der Waals surface area contributed by atoms with Crippen molar-refractivity contribution in [3.05, 3.63) is 83.2 Å². The van der Waals surface area contributed by atoms with Gasteiger partial charge in [0.1, 0.15) is 5.75 Å². The zero-order valence-electron chi connectivity index (χ0n) is 14.7. The Morgan fingerprint density at radius 1 is 1.04 bits per heavy atom. The molecular formula is C21H22N2O2. The maximum Gasteiger partial charge on any atom is 0.257 e. The van der Waals surface area contributed by atoms with E-state index in [1.807, 2.05) is 62.4 Å². The number of ether oxygens (including phenoxy) is 1. The van der Waals surface area contributed by atoms with Gasteiger partial charge in [-0.1, -0.05) is 42.5 Å². The maximum atomic E-state index is 12.7. The zero-order valence-corrected chi connectivity index (χ0v) is 14.7. The van der Waals surface area contributed by atoms with E-state index in [1.54, 1.807) is 7.11 Å².